The van der Waals surface area contributed by atoms with Crippen molar-refractivity contribution in [1.29, 1.82) is 0 Å². The molecule has 0 radical (unpaired) electrons. The zero-order chi connectivity index (χ0) is 12.8. The van der Waals surface area contributed by atoms with Crippen molar-refractivity contribution in [1.82, 2.24) is 4.90 Å². The highest BCUT2D eigenvalue weighted by Gasteiger charge is 2.21. The Kier molecular flexibility index (Phi) is 5.93. The summed E-state index contributed by atoms with van der Waals surface area (Å²) in [5, 5.41) is 10.1. The van der Waals surface area contributed by atoms with Gasteiger partial charge in [0.2, 0.25) is 0 Å². The van der Waals surface area contributed by atoms with Crippen LogP contribution in [0, 0.1) is 5.92 Å². The Labute approximate surface area is 112 Å². The van der Waals surface area contributed by atoms with Crippen LogP contribution < -0.4 is 0 Å². The first-order valence-electron chi connectivity index (χ1n) is 7.72. The maximum absolute atomic E-state index is 10.1. The molecule has 0 aromatic rings. The molecule has 3 nitrogen and oxygen atoms in total. The fourth-order valence-corrected chi connectivity index (χ4v) is 3.44. The Bertz CT molecular complexity index is 223. The molecule has 0 aromatic heterocycles. The molecule has 2 atom stereocenters. The number of aliphatic hydroxyl groups excluding tert-OH is 1. The zero-order valence-electron chi connectivity index (χ0n) is 11.8. The topological polar surface area (TPSA) is 32.7 Å². The lowest BCUT2D eigenvalue weighted by Gasteiger charge is -2.29. The van der Waals surface area contributed by atoms with E-state index in [2.05, 4.69) is 11.9 Å². The molecule has 0 aromatic carbocycles. The molecule has 18 heavy (non-hydrogen) atoms. The molecule has 2 fully saturated rings. The van der Waals surface area contributed by atoms with Crippen LogP contribution in [0.1, 0.15) is 51.4 Å². The second-order valence-electron chi connectivity index (χ2n) is 6.25. The minimum absolute atomic E-state index is 0.151. The smallest absolute Gasteiger partial charge is 0.0701 e. The second kappa shape index (κ2) is 7.46. The summed E-state index contributed by atoms with van der Waals surface area (Å²) in [6, 6.07) is 0. The van der Waals surface area contributed by atoms with Crippen molar-refractivity contribution in [2.24, 2.45) is 5.92 Å². The number of aliphatic hydroxyl groups is 1. The first kappa shape index (κ1) is 14.3. The summed E-state index contributed by atoms with van der Waals surface area (Å²) in [6.07, 6.45) is 10.3. The summed E-state index contributed by atoms with van der Waals surface area (Å²) < 4.78 is 5.74. The van der Waals surface area contributed by atoms with E-state index in [1.165, 1.54) is 44.9 Å². The molecule has 2 rings (SSSR count). The molecule has 1 saturated carbocycles. The molecule has 1 aliphatic carbocycles. The highest BCUT2D eigenvalue weighted by Crippen LogP contribution is 2.28. The van der Waals surface area contributed by atoms with Gasteiger partial charge in [0.1, 0.15) is 0 Å². The van der Waals surface area contributed by atoms with Gasteiger partial charge in [-0.05, 0) is 38.6 Å². The summed E-state index contributed by atoms with van der Waals surface area (Å²) in [6.45, 7) is 2.70. The van der Waals surface area contributed by atoms with Gasteiger partial charge in [-0.2, -0.15) is 0 Å². The molecular formula is C15H29NO2. The molecule has 1 saturated heterocycles. The maximum atomic E-state index is 10.1. The average molecular weight is 255 g/mol. The molecule has 0 bridgehead atoms. The number of hydrogen-bond acceptors (Lipinski definition) is 3. The monoisotopic (exact) mass is 255 g/mol. The van der Waals surface area contributed by atoms with Crippen LogP contribution in [-0.2, 0) is 4.74 Å². The van der Waals surface area contributed by atoms with Gasteiger partial charge in [0.25, 0.3) is 0 Å². The van der Waals surface area contributed by atoms with E-state index < -0.39 is 0 Å². The van der Waals surface area contributed by atoms with Crippen LogP contribution in [0.25, 0.3) is 0 Å². The van der Waals surface area contributed by atoms with Crippen molar-refractivity contribution >= 4 is 0 Å². The van der Waals surface area contributed by atoms with Crippen LogP contribution in [0.15, 0.2) is 0 Å². The predicted molar refractivity (Wildman–Crippen MR) is 73.7 cm³/mol. The van der Waals surface area contributed by atoms with Gasteiger partial charge in [-0.1, -0.05) is 25.7 Å². The molecule has 1 N–H and O–H groups in total. The van der Waals surface area contributed by atoms with Crippen LogP contribution in [0.5, 0.6) is 0 Å². The van der Waals surface area contributed by atoms with Crippen molar-refractivity contribution in [3.8, 4) is 0 Å². The molecule has 0 spiro atoms. The first-order chi connectivity index (χ1) is 8.74. The predicted octanol–water partition coefficient (Wildman–Crippen LogP) is 2.43. The lowest BCUT2D eigenvalue weighted by atomic mass is 10.00. The highest BCUT2D eigenvalue weighted by molar-refractivity contribution is 4.74. The molecule has 1 heterocycles. The van der Waals surface area contributed by atoms with Crippen LogP contribution in [0.2, 0.25) is 0 Å². The lowest BCUT2D eigenvalue weighted by molar-refractivity contribution is -0.00915. The number of rotatable bonds is 6. The van der Waals surface area contributed by atoms with E-state index in [1.54, 1.807) is 0 Å². The maximum Gasteiger partial charge on any atom is 0.0701 e. The van der Waals surface area contributed by atoms with Gasteiger partial charge in [0.15, 0.2) is 0 Å². The van der Waals surface area contributed by atoms with Gasteiger partial charge in [-0.3, -0.25) is 0 Å². The summed E-state index contributed by atoms with van der Waals surface area (Å²) >= 11 is 0. The first-order valence-corrected chi connectivity index (χ1v) is 7.72. The third kappa shape index (κ3) is 4.87. The van der Waals surface area contributed by atoms with Crippen molar-refractivity contribution in [3.63, 3.8) is 0 Å². The largest absolute Gasteiger partial charge is 0.392 e. The Morgan fingerprint density at radius 2 is 1.89 bits per heavy atom. The SMILES string of the molecule is CN(CC(O)CC1CCCC1)CC1CCCCO1. The number of likely N-dealkylation sites (N-methyl/N-ethyl adjacent to an activating group) is 1. The van der Waals surface area contributed by atoms with Crippen molar-refractivity contribution in [2.45, 2.75) is 63.6 Å². The molecule has 3 heteroatoms. The van der Waals surface area contributed by atoms with E-state index in [0.29, 0.717) is 6.10 Å². The Balaban J connectivity index is 1.61. The average Bonchev–Trinajstić information content (AvgIpc) is 2.82. The molecular weight excluding hydrogens is 226 g/mol. The van der Waals surface area contributed by atoms with Gasteiger partial charge >= 0.3 is 0 Å². The molecule has 2 unspecified atom stereocenters. The van der Waals surface area contributed by atoms with Crippen LogP contribution in [0.4, 0.5) is 0 Å². The zero-order valence-corrected chi connectivity index (χ0v) is 11.8. The minimum atomic E-state index is -0.151. The van der Waals surface area contributed by atoms with Gasteiger partial charge in [0, 0.05) is 19.7 Å². The Hall–Kier alpha value is -0.120. The summed E-state index contributed by atoms with van der Waals surface area (Å²) in [5.74, 6) is 0.777. The number of ether oxygens (including phenoxy) is 1. The van der Waals surface area contributed by atoms with Crippen molar-refractivity contribution in [2.75, 3.05) is 26.7 Å². The van der Waals surface area contributed by atoms with E-state index in [9.17, 15) is 5.11 Å². The summed E-state index contributed by atoms with van der Waals surface area (Å²) in [5.41, 5.74) is 0. The Morgan fingerprint density at radius 3 is 2.56 bits per heavy atom. The normalized spacial score (nSPS) is 27.8. The Morgan fingerprint density at radius 1 is 1.17 bits per heavy atom. The van der Waals surface area contributed by atoms with Crippen molar-refractivity contribution < 1.29 is 9.84 Å². The third-order valence-corrected chi connectivity index (χ3v) is 4.39. The molecule has 106 valence electrons. The quantitative estimate of drug-likeness (QED) is 0.791. The van der Waals surface area contributed by atoms with Gasteiger partial charge < -0.3 is 14.7 Å². The summed E-state index contributed by atoms with van der Waals surface area (Å²) in [7, 11) is 2.11. The van der Waals surface area contributed by atoms with Crippen LogP contribution >= 0.6 is 0 Å². The van der Waals surface area contributed by atoms with E-state index >= 15 is 0 Å². The van der Waals surface area contributed by atoms with Crippen LogP contribution in [0.3, 0.4) is 0 Å². The fraction of sp³-hybridized carbons (Fsp3) is 1.00. The molecule has 0 amide bonds. The second-order valence-corrected chi connectivity index (χ2v) is 6.25. The molecule has 1 aliphatic heterocycles. The third-order valence-electron chi connectivity index (χ3n) is 4.39. The number of hydrogen-bond donors (Lipinski definition) is 1. The van der Waals surface area contributed by atoms with E-state index in [4.69, 9.17) is 4.74 Å². The van der Waals surface area contributed by atoms with Gasteiger partial charge in [-0.15, -0.1) is 0 Å². The van der Waals surface area contributed by atoms with Crippen molar-refractivity contribution in [3.05, 3.63) is 0 Å². The highest BCUT2D eigenvalue weighted by atomic mass is 16.5. The standard InChI is InChI=1S/C15H29NO2/c1-16(12-15-8-4-5-9-18-15)11-14(17)10-13-6-2-3-7-13/h13-15,17H,2-12H2,1H3. The van der Waals surface area contributed by atoms with Gasteiger partial charge in [0.05, 0.1) is 12.2 Å². The van der Waals surface area contributed by atoms with Crippen LogP contribution in [-0.4, -0.2) is 49.0 Å². The van der Waals surface area contributed by atoms with E-state index in [0.717, 1.165) is 32.0 Å². The lowest BCUT2D eigenvalue weighted by Crippen LogP contribution is -2.38. The van der Waals surface area contributed by atoms with E-state index in [1.807, 2.05) is 0 Å². The van der Waals surface area contributed by atoms with E-state index in [-0.39, 0.29) is 6.10 Å². The van der Waals surface area contributed by atoms with Gasteiger partial charge in [-0.25, -0.2) is 0 Å². The fourth-order valence-electron chi connectivity index (χ4n) is 3.44. The summed E-state index contributed by atoms with van der Waals surface area (Å²) in [4.78, 5) is 2.25. The molecule has 2 aliphatic rings. The minimum Gasteiger partial charge on any atom is -0.392 e. The number of nitrogens with zero attached hydrogens (tertiary/aromatic N) is 1.